The lowest BCUT2D eigenvalue weighted by molar-refractivity contribution is -0.117. The van der Waals surface area contributed by atoms with Crippen LogP contribution < -0.4 is 4.90 Å². The molecule has 0 saturated carbocycles. The molecule has 2 aliphatic heterocycles. The minimum atomic E-state index is -3.52. The van der Waals surface area contributed by atoms with E-state index in [1.807, 2.05) is 43.0 Å². The molecule has 3 aromatic rings. The van der Waals surface area contributed by atoms with E-state index in [0.29, 0.717) is 31.7 Å². The van der Waals surface area contributed by atoms with Gasteiger partial charge in [0.15, 0.2) is 5.16 Å². The summed E-state index contributed by atoms with van der Waals surface area (Å²) < 4.78 is 29.9. The molecule has 3 heterocycles. The van der Waals surface area contributed by atoms with E-state index in [-0.39, 0.29) is 16.1 Å². The van der Waals surface area contributed by atoms with E-state index in [0.717, 1.165) is 42.0 Å². The number of aromatic nitrogens is 2. The molecule has 0 radical (unpaired) electrons. The highest BCUT2D eigenvalue weighted by atomic mass is 32.2. The van der Waals surface area contributed by atoms with Gasteiger partial charge in [-0.1, -0.05) is 36.4 Å². The van der Waals surface area contributed by atoms with Crippen LogP contribution in [0.4, 0.5) is 5.69 Å². The summed E-state index contributed by atoms with van der Waals surface area (Å²) in [6, 6.07) is 13.3. The van der Waals surface area contributed by atoms with E-state index in [4.69, 9.17) is 4.98 Å². The number of piperidine rings is 1. The van der Waals surface area contributed by atoms with Crippen LogP contribution in [-0.2, 0) is 27.8 Å². The number of imidazole rings is 1. The molecule has 5 rings (SSSR count). The van der Waals surface area contributed by atoms with Crippen molar-refractivity contribution in [2.24, 2.45) is 0 Å². The standard InChI is InChI=1S/C25H30N4O3S2/c1-3-28-23-12-11-20(34(31,32)27-14-7-4-8-15-27)17-21(23)26-25(28)33-18(2)24(30)29-16-13-19-9-5-6-10-22(19)29/h5-6,9-12,17-18H,3-4,7-8,13-16H2,1-2H3. The zero-order valence-corrected chi connectivity index (χ0v) is 21.2. The summed E-state index contributed by atoms with van der Waals surface area (Å²) in [5.74, 6) is 0.0676. The molecule has 0 aliphatic carbocycles. The van der Waals surface area contributed by atoms with Crippen LogP contribution in [0.15, 0.2) is 52.5 Å². The van der Waals surface area contributed by atoms with Crippen molar-refractivity contribution in [1.82, 2.24) is 13.9 Å². The molecule has 2 aliphatic rings. The van der Waals surface area contributed by atoms with Crippen LogP contribution in [0.5, 0.6) is 0 Å². The van der Waals surface area contributed by atoms with Crippen molar-refractivity contribution < 1.29 is 13.2 Å². The largest absolute Gasteiger partial charge is 0.319 e. The highest BCUT2D eigenvalue weighted by Crippen LogP contribution is 2.33. The molecule has 1 amide bonds. The summed E-state index contributed by atoms with van der Waals surface area (Å²) in [4.78, 5) is 20.2. The van der Waals surface area contributed by atoms with Crippen LogP contribution >= 0.6 is 11.8 Å². The van der Waals surface area contributed by atoms with Crippen molar-refractivity contribution in [3.63, 3.8) is 0 Å². The third kappa shape index (κ3) is 4.14. The Balaban J connectivity index is 1.41. The number of rotatable bonds is 6. The molecule has 0 N–H and O–H groups in total. The van der Waals surface area contributed by atoms with Crippen LogP contribution in [0.2, 0.25) is 0 Å². The van der Waals surface area contributed by atoms with Gasteiger partial charge >= 0.3 is 0 Å². The molecule has 34 heavy (non-hydrogen) atoms. The second kappa shape index (κ2) is 9.36. The number of aryl methyl sites for hydroxylation is 1. The van der Waals surface area contributed by atoms with E-state index in [1.54, 1.807) is 16.4 Å². The number of nitrogens with zero attached hydrogens (tertiary/aromatic N) is 4. The first-order valence-electron chi connectivity index (χ1n) is 12.0. The van der Waals surface area contributed by atoms with Crippen LogP contribution in [-0.4, -0.2) is 53.1 Å². The van der Waals surface area contributed by atoms with Crippen molar-refractivity contribution in [1.29, 1.82) is 0 Å². The molecule has 9 heteroatoms. The zero-order chi connectivity index (χ0) is 23.9. The molecule has 1 aromatic heterocycles. The van der Waals surface area contributed by atoms with Gasteiger partial charge in [0, 0.05) is 31.9 Å². The summed E-state index contributed by atoms with van der Waals surface area (Å²) in [7, 11) is -3.52. The molecular weight excluding hydrogens is 468 g/mol. The minimum absolute atomic E-state index is 0.0676. The van der Waals surface area contributed by atoms with Crippen molar-refractivity contribution in [2.45, 2.75) is 61.4 Å². The Morgan fingerprint density at radius 1 is 1.09 bits per heavy atom. The lowest BCUT2D eigenvalue weighted by atomic mass is 10.2. The molecule has 1 atom stereocenters. The van der Waals surface area contributed by atoms with Gasteiger partial charge in [-0.05, 0) is 62.9 Å². The molecule has 180 valence electrons. The molecule has 1 saturated heterocycles. The van der Waals surface area contributed by atoms with Crippen molar-refractivity contribution in [3.8, 4) is 0 Å². The van der Waals surface area contributed by atoms with Crippen molar-refractivity contribution in [3.05, 3.63) is 48.0 Å². The number of carbonyl (C=O) groups excluding carboxylic acids is 1. The Morgan fingerprint density at radius 3 is 2.62 bits per heavy atom. The van der Waals surface area contributed by atoms with E-state index in [9.17, 15) is 13.2 Å². The number of anilines is 1. The van der Waals surface area contributed by atoms with Crippen molar-refractivity contribution >= 4 is 44.4 Å². The molecule has 2 aromatic carbocycles. The van der Waals surface area contributed by atoms with Crippen LogP contribution in [0.1, 0.15) is 38.7 Å². The Kier molecular flexibility index (Phi) is 6.43. The average Bonchev–Trinajstić information content (AvgIpc) is 3.44. The fraction of sp³-hybridized carbons (Fsp3) is 0.440. The van der Waals surface area contributed by atoms with E-state index < -0.39 is 10.0 Å². The summed E-state index contributed by atoms with van der Waals surface area (Å²) in [5, 5.41) is 0.420. The van der Waals surface area contributed by atoms with E-state index >= 15 is 0 Å². The second-order valence-electron chi connectivity index (χ2n) is 8.88. The third-order valence-corrected chi connectivity index (χ3v) is 9.71. The number of hydrogen-bond donors (Lipinski definition) is 0. The first kappa shape index (κ1) is 23.4. The van der Waals surface area contributed by atoms with Crippen LogP contribution in [0.3, 0.4) is 0 Å². The van der Waals surface area contributed by atoms with Gasteiger partial charge < -0.3 is 9.47 Å². The minimum Gasteiger partial charge on any atom is -0.319 e. The number of fused-ring (bicyclic) bond motifs is 2. The fourth-order valence-electron chi connectivity index (χ4n) is 4.89. The van der Waals surface area contributed by atoms with Gasteiger partial charge in [0.2, 0.25) is 15.9 Å². The normalized spacial score (nSPS) is 17.8. The van der Waals surface area contributed by atoms with Gasteiger partial charge in [-0.3, -0.25) is 4.79 Å². The van der Waals surface area contributed by atoms with Gasteiger partial charge in [-0.25, -0.2) is 13.4 Å². The Bertz CT molecular complexity index is 1330. The van der Waals surface area contributed by atoms with Gasteiger partial charge in [0.25, 0.3) is 0 Å². The SMILES string of the molecule is CCn1c(SC(C)C(=O)N2CCc3ccccc32)nc2cc(S(=O)(=O)N3CCCCC3)ccc21. The summed E-state index contributed by atoms with van der Waals surface area (Å²) in [6.45, 7) is 6.48. The van der Waals surface area contributed by atoms with E-state index in [2.05, 4.69) is 10.6 Å². The molecule has 7 nitrogen and oxygen atoms in total. The predicted octanol–water partition coefficient (Wildman–Crippen LogP) is 4.30. The van der Waals surface area contributed by atoms with Gasteiger partial charge in [0.1, 0.15) is 0 Å². The lowest BCUT2D eigenvalue weighted by Gasteiger charge is -2.25. The quantitative estimate of drug-likeness (QED) is 0.474. The third-order valence-electron chi connectivity index (χ3n) is 6.74. The maximum Gasteiger partial charge on any atom is 0.243 e. The topological polar surface area (TPSA) is 75.5 Å². The van der Waals surface area contributed by atoms with Gasteiger partial charge in [-0.15, -0.1) is 0 Å². The predicted molar refractivity (Wildman–Crippen MR) is 136 cm³/mol. The average molecular weight is 499 g/mol. The molecule has 0 bridgehead atoms. The van der Waals surface area contributed by atoms with Crippen molar-refractivity contribution in [2.75, 3.05) is 24.5 Å². The number of sulfonamides is 1. The Labute approximate surface area is 205 Å². The van der Waals surface area contributed by atoms with Gasteiger partial charge in [0.05, 0.1) is 21.2 Å². The molecule has 0 spiro atoms. The second-order valence-corrected chi connectivity index (χ2v) is 12.1. The Hall–Kier alpha value is -2.36. The van der Waals surface area contributed by atoms with Crippen LogP contribution in [0, 0.1) is 0 Å². The molecule has 1 unspecified atom stereocenters. The first-order chi connectivity index (χ1) is 16.4. The number of thioether (sulfide) groups is 1. The highest BCUT2D eigenvalue weighted by molar-refractivity contribution is 8.00. The summed E-state index contributed by atoms with van der Waals surface area (Å²) in [6.07, 6.45) is 3.76. The summed E-state index contributed by atoms with van der Waals surface area (Å²) in [5.41, 5.74) is 3.73. The smallest absolute Gasteiger partial charge is 0.243 e. The first-order valence-corrected chi connectivity index (χ1v) is 14.3. The number of hydrogen-bond acceptors (Lipinski definition) is 5. The Morgan fingerprint density at radius 2 is 1.85 bits per heavy atom. The maximum atomic E-state index is 13.3. The van der Waals surface area contributed by atoms with E-state index in [1.165, 1.54) is 17.3 Å². The number of amides is 1. The number of para-hydroxylation sites is 1. The van der Waals surface area contributed by atoms with Gasteiger partial charge in [-0.2, -0.15) is 4.31 Å². The van der Waals surface area contributed by atoms with Crippen LogP contribution in [0.25, 0.3) is 11.0 Å². The number of benzene rings is 2. The monoisotopic (exact) mass is 498 g/mol. The maximum absolute atomic E-state index is 13.3. The molecule has 1 fully saturated rings. The lowest BCUT2D eigenvalue weighted by Crippen LogP contribution is -2.35. The number of carbonyl (C=O) groups is 1. The molecular formula is C25H30N4O3S2. The summed E-state index contributed by atoms with van der Waals surface area (Å²) >= 11 is 1.43. The zero-order valence-electron chi connectivity index (χ0n) is 19.6. The highest BCUT2D eigenvalue weighted by Gasteiger charge is 2.30. The fourth-order valence-corrected chi connectivity index (χ4v) is 7.48.